The van der Waals surface area contributed by atoms with E-state index >= 15 is 0 Å². The third-order valence-corrected chi connectivity index (χ3v) is 4.43. The van der Waals surface area contributed by atoms with Crippen molar-refractivity contribution in [3.05, 3.63) is 90.4 Å². The number of carbonyl (C=O) groups excluding carboxylic acids is 1. The minimum absolute atomic E-state index is 0.250. The Morgan fingerprint density at radius 2 is 1.45 bits per heavy atom. The predicted octanol–water partition coefficient (Wildman–Crippen LogP) is 5.59. The first-order chi connectivity index (χ1) is 15.9. The number of hydrogen-bond acceptors (Lipinski definition) is 6. The quantitative estimate of drug-likeness (QED) is 0.307. The van der Waals surface area contributed by atoms with Gasteiger partial charge in [-0.2, -0.15) is 0 Å². The Hall–Kier alpha value is -4.60. The number of amides is 2. The van der Waals surface area contributed by atoms with Crippen molar-refractivity contribution in [2.24, 2.45) is 0 Å². The molecule has 0 radical (unpaired) electrons. The van der Waals surface area contributed by atoms with Gasteiger partial charge in [-0.15, -0.1) is 0 Å². The monoisotopic (exact) mass is 447 g/mol. The number of nitrogens with zero attached hydrogens (tertiary/aromatic N) is 3. The molecule has 0 saturated heterocycles. The third-order valence-electron chi connectivity index (χ3n) is 4.43. The fraction of sp³-hybridized carbons (Fsp3) is 0.0435. The van der Waals surface area contributed by atoms with Crippen LogP contribution in [0.1, 0.15) is 5.56 Å². The van der Waals surface area contributed by atoms with Gasteiger partial charge in [0.15, 0.2) is 0 Å². The van der Waals surface area contributed by atoms with E-state index < -0.39 is 17.7 Å². The van der Waals surface area contributed by atoms with E-state index in [-0.39, 0.29) is 5.69 Å². The molecule has 0 saturated carbocycles. The van der Waals surface area contributed by atoms with Gasteiger partial charge in [0.25, 0.3) is 0 Å². The molecule has 10 heteroatoms. The van der Waals surface area contributed by atoms with Gasteiger partial charge in [-0.3, -0.25) is 0 Å². The van der Waals surface area contributed by atoms with E-state index in [1.807, 2.05) is 19.1 Å². The standard InChI is InChI=1S/C23H19F2N7O/c1-14-8-9-26-20(10-14)32-22-12-21(27-13-28-22)29-16-3-5-17(6-4-16)30-23(33)31-19-11-15(24)2-7-18(19)25/h2-13H,1H3,(H2,30,31,33)(H2,26,27,28,29,32). The molecule has 4 rings (SSSR count). The van der Waals surface area contributed by atoms with Crippen molar-refractivity contribution >= 4 is 40.5 Å². The lowest BCUT2D eigenvalue weighted by molar-refractivity contribution is 0.262. The number of pyridine rings is 1. The van der Waals surface area contributed by atoms with Gasteiger partial charge in [0.2, 0.25) is 0 Å². The molecule has 2 amide bonds. The number of aryl methyl sites for hydroxylation is 1. The molecule has 4 aromatic rings. The summed E-state index contributed by atoms with van der Waals surface area (Å²) in [6.45, 7) is 1.97. The van der Waals surface area contributed by atoms with Crippen LogP contribution in [-0.2, 0) is 0 Å². The number of carbonyl (C=O) groups is 1. The summed E-state index contributed by atoms with van der Waals surface area (Å²) in [7, 11) is 0. The summed E-state index contributed by atoms with van der Waals surface area (Å²) in [6, 6.07) is 14.4. The summed E-state index contributed by atoms with van der Waals surface area (Å²) in [5, 5.41) is 11.1. The maximum atomic E-state index is 13.7. The minimum atomic E-state index is -0.733. The van der Waals surface area contributed by atoms with E-state index in [2.05, 4.69) is 36.2 Å². The molecular weight excluding hydrogens is 428 g/mol. The average Bonchev–Trinajstić information content (AvgIpc) is 2.78. The number of nitrogens with one attached hydrogen (secondary N) is 4. The van der Waals surface area contributed by atoms with Crippen molar-refractivity contribution in [2.75, 3.05) is 21.3 Å². The molecule has 0 atom stereocenters. The van der Waals surface area contributed by atoms with Crippen LogP contribution >= 0.6 is 0 Å². The van der Waals surface area contributed by atoms with Gasteiger partial charge in [-0.05, 0) is 61.0 Å². The third kappa shape index (κ3) is 5.97. The molecular formula is C23H19F2N7O. The van der Waals surface area contributed by atoms with Gasteiger partial charge in [0.1, 0.15) is 35.4 Å². The number of anilines is 6. The van der Waals surface area contributed by atoms with Crippen LogP contribution in [-0.4, -0.2) is 21.0 Å². The number of aromatic nitrogens is 3. The van der Waals surface area contributed by atoms with Crippen LogP contribution in [0.5, 0.6) is 0 Å². The van der Waals surface area contributed by atoms with Crippen LogP contribution in [0.15, 0.2) is 73.2 Å². The maximum absolute atomic E-state index is 13.7. The maximum Gasteiger partial charge on any atom is 0.323 e. The first-order valence-corrected chi connectivity index (χ1v) is 9.86. The highest BCUT2D eigenvalue weighted by atomic mass is 19.1. The molecule has 0 aliphatic heterocycles. The van der Waals surface area contributed by atoms with Gasteiger partial charge in [-0.25, -0.2) is 28.5 Å². The Morgan fingerprint density at radius 3 is 2.21 bits per heavy atom. The molecule has 2 heterocycles. The lowest BCUT2D eigenvalue weighted by atomic mass is 10.2. The van der Waals surface area contributed by atoms with Gasteiger partial charge < -0.3 is 21.3 Å². The SMILES string of the molecule is Cc1ccnc(Nc2cc(Nc3ccc(NC(=O)Nc4cc(F)ccc4F)cc3)ncn2)c1. The highest BCUT2D eigenvalue weighted by Crippen LogP contribution is 2.21. The molecule has 0 fully saturated rings. The largest absolute Gasteiger partial charge is 0.340 e. The molecule has 0 unspecified atom stereocenters. The second kappa shape index (κ2) is 9.69. The smallest absolute Gasteiger partial charge is 0.323 e. The molecule has 166 valence electrons. The normalized spacial score (nSPS) is 10.4. The topological polar surface area (TPSA) is 104 Å². The highest BCUT2D eigenvalue weighted by molar-refractivity contribution is 5.99. The summed E-state index contributed by atoms with van der Waals surface area (Å²) in [4.78, 5) is 24.7. The van der Waals surface area contributed by atoms with Gasteiger partial charge >= 0.3 is 6.03 Å². The van der Waals surface area contributed by atoms with Crippen molar-refractivity contribution in [3.63, 3.8) is 0 Å². The van der Waals surface area contributed by atoms with Crippen LogP contribution in [0, 0.1) is 18.6 Å². The Kier molecular flexibility index (Phi) is 6.35. The summed E-state index contributed by atoms with van der Waals surface area (Å²) in [6.07, 6.45) is 3.13. The number of rotatable bonds is 6. The summed E-state index contributed by atoms with van der Waals surface area (Å²) >= 11 is 0. The number of hydrogen-bond donors (Lipinski definition) is 4. The fourth-order valence-corrected chi connectivity index (χ4v) is 2.89. The van der Waals surface area contributed by atoms with Crippen molar-refractivity contribution in [2.45, 2.75) is 6.92 Å². The van der Waals surface area contributed by atoms with Crippen LogP contribution in [0.3, 0.4) is 0 Å². The van der Waals surface area contributed by atoms with Crippen molar-refractivity contribution in [1.29, 1.82) is 0 Å². The van der Waals surface area contributed by atoms with E-state index in [1.54, 1.807) is 36.5 Å². The molecule has 0 bridgehead atoms. The average molecular weight is 447 g/mol. The zero-order valence-corrected chi connectivity index (χ0v) is 17.4. The molecule has 8 nitrogen and oxygen atoms in total. The van der Waals surface area contributed by atoms with Gasteiger partial charge in [0, 0.05) is 29.7 Å². The number of urea groups is 1. The molecule has 33 heavy (non-hydrogen) atoms. The zero-order valence-electron chi connectivity index (χ0n) is 17.4. The first kappa shape index (κ1) is 21.6. The molecule has 0 spiro atoms. The summed E-state index contributed by atoms with van der Waals surface area (Å²) in [5.41, 5.74) is 2.00. The van der Waals surface area contributed by atoms with E-state index in [0.29, 0.717) is 23.1 Å². The minimum Gasteiger partial charge on any atom is -0.340 e. The molecule has 2 aromatic carbocycles. The van der Waals surface area contributed by atoms with E-state index in [9.17, 15) is 13.6 Å². The molecule has 0 aliphatic carbocycles. The Bertz CT molecular complexity index is 1280. The van der Waals surface area contributed by atoms with Crippen molar-refractivity contribution < 1.29 is 13.6 Å². The fourth-order valence-electron chi connectivity index (χ4n) is 2.89. The Balaban J connectivity index is 1.36. The Morgan fingerprint density at radius 1 is 0.758 bits per heavy atom. The van der Waals surface area contributed by atoms with Crippen LogP contribution < -0.4 is 21.3 Å². The van der Waals surface area contributed by atoms with Gasteiger partial charge in [0.05, 0.1) is 5.69 Å². The Labute approximate surface area is 188 Å². The van der Waals surface area contributed by atoms with Crippen LogP contribution in [0.4, 0.5) is 48.1 Å². The van der Waals surface area contributed by atoms with E-state index in [1.165, 1.54) is 6.33 Å². The number of halogens is 2. The molecule has 0 aliphatic rings. The summed E-state index contributed by atoms with van der Waals surface area (Å²) < 4.78 is 26.9. The van der Waals surface area contributed by atoms with Crippen LogP contribution in [0.25, 0.3) is 0 Å². The van der Waals surface area contributed by atoms with E-state index in [4.69, 9.17) is 0 Å². The first-order valence-electron chi connectivity index (χ1n) is 9.86. The second-order valence-electron chi connectivity index (χ2n) is 7.04. The lowest BCUT2D eigenvalue weighted by Gasteiger charge is -2.11. The van der Waals surface area contributed by atoms with Crippen molar-refractivity contribution in [3.8, 4) is 0 Å². The molecule has 4 N–H and O–H groups in total. The van der Waals surface area contributed by atoms with Crippen LogP contribution in [0.2, 0.25) is 0 Å². The predicted molar refractivity (Wildman–Crippen MR) is 123 cm³/mol. The second-order valence-corrected chi connectivity index (χ2v) is 7.04. The zero-order chi connectivity index (χ0) is 23.2. The van der Waals surface area contributed by atoms with Gasteiger partial charge in [-0.1, -0.05) is 0 Å². The number of benzene rings is 2. The molecule has 2 aromatic heterocycles. The van der Waals surface area contributed by atoms with Crippen molar-refractivity contribution in [1.82, 2.24) is 15.0 Å². The highest BCUT2D eigenvalue weighted by Gasteiger charge is 2.09. The summed E-state index contributed by atoms with van der Waals surface area (Å²) in [5.74, 6) is 0.417. The van der Waals surface area contributed by atoms with E-state index in [0.717, 1.165) is 29.4 Å². The lowest BCUT2D eigenvalue weighted by Crippen LogP contribution is -2.20.